The van der Waals surface area contributed by atoms with Crippen molar-refractivity contribution >= 4 is 11.8 Å². The summed E-state index contributed by atoms with van der Waals surface area (Å²) < 4.78 is 18.2. The molecule has 0 amide bonds. The van der Waals surface area contributed by atoms with E-state index >= 15 is 0 Å². The van der Waals surface area contributed by atoms with E-state index in [4.69, 9.17) is 10.5 Å². The normalized spacial score (nSPS) is 19.2. The molecular weight excluding hydrogens is 237 g/mol. The second kappa shape index (κ2) is 6.38. The summed E-state index contributed by atoms with van der Waals surface area (Å²) >= 11 is 1.90. The molecule has 94 valence electrons. The van der Waals surface area contributed by atoms with Gasteiger partial charge in [-0.3, -0.25) is 0 Å². The van der Waals surface area contributed by atoms with Crippen LogP contribution in [0.2, 0.25) is 0 Å². The molecule has 1 heterocycles. The van der Waals surface area contributed by atoms with Crippen LogP contribution in [0.4, 0.5) is 4.39 Å². The fourth-order valence-electron chi connectivity index (χ4n) is 1.99. The predicted octanol–water partition coefficient (Wildman–Crippen LogP) is 2.74. The maximum Gasteiger partial charge on any atom is 0.123 e. The van der Waals surface area contributed by atoms with Crippen molar-refractivity contribution in [2.75, 3.05) is 19.8 Å². The van der Waals surface area contributed by atoms with Crippen LogP contribution in [0.3, 0.4) is 0 Å². The Hall–Kier alpha value is -0.580. The highest BCUT2D eigenvalue weighted by molar-refractivity contribution is 8.00. The molecule has 1 aliphatic rings. The second-order valence-corrected chi connectivity index (χ2v) is 5.73. The molecule has 0 spiro atoms. The van der Waals surface area contributed by atoms with Crippen LogP contribution in [0.5, 0.6) is 0 Å². The first-order valence-electron chi connectivity index (χ1n) is 5.98. The predicted molar refractivity (Wildman–Crippen MR) is 69.6 cm³/mol. The number of hydrogen-bond donors (Lipinski definition) is 1. The van der Waals surface area contributed by atoms with Crippen LogP contribution >= 0.6 is 11.8 Å². The standard InChI is InChI=1S/C13H18FNOS/c14-11-3-1-10(2-4-11)13(9-15)17-12-5-7-16-8-6-12/h1-4,12-13H,5-9,15H2. The first-order valence-corrected chi connectivity index (χ1v) is 6.92. The van der Waals surface area contributed by atoms with Crippen molar-refractivity contribution in [3.05, 3.63) is 35.6 Å². The third kappa shape index (κ3) is 3.69. The van der Waals surface area contributed by atoms with E-state index in [-0.39, 0.29) is 11.1 Å². The minimum absolute atomic E-state index is 0.194. The highest BCUT2D eigenvalue weighted by Crippen LogP contribution is 2.35. The summed E-state index contributed by atoms with van der Waals surface area (Å²) in [5.41, 5.74) is 6.93. The Morgan fingerprint density at radius 3 is 2.53 bits per heavy atom. The third-order valence-electron chi connectivity index (χ3n) is 2.98. The Morgan fingerprint density at radius 1 is 1.29 bits per heavy atom. The van der Waals surface area contributed by atoms with E-state index in [2.05, 4.69) is 0 Å². The largest absolute Gasteiger partial charge is 0.381 e. The maximum absolute atomic E-state index is 12.9. The van der Waals surface area contributed by atoms with Gasteiger partial charge in [0.25, 0.3) is 0 Å². The van der Waals surface area contributed by atoms with Gasteiger partial charge in [0, 0.05) is 30.3 Å². The number of halogens is 1. The molecule has 1 unspecified atom stereocenters. The topological polar surface area (TPSA) is 35.2 Å². The van der Waals surface area contributed by atoms with E-state index in [1.807, 2.05) is 23.9 Å². The van der Waals surface area contributed by atoms with Crippen LogP contribution in [0.1, 0.15) is 23.7 Å². The Balaban J connectivity index is 1.97. The van der Waals surface area contributed by atoms with E-state index in [1.165, 1.54) is 12.1 Å². The highest BCUT2D eigenvalue weighted by Gasteiger charge is 2.20. The van der Waals surface area contributed by atoms with Gasteiger partial charge in [-0.15, -0.1) is 11.8 Å². The van der Waals surface area contributed by atoms with Gasteiger partial charge < -0.3 is 10.5 Å². The number of nitrogens with two attached hydrogens (primary N) is 1. The van der Waals surface area contributed by atoms with Gasteiger partial charge in [-0.1, -0.05) is 12.1 Å². The fourth-order valence-corrected chi connectivity index (χ4v) is 3.35. The molecular formula is C13H18FNOS. The molecule has 0 radical (unpaired) electrons. The molecule has 0 saturated carbocycles. The van der Waals surface area contributed by atoms with Crippen molar-refractivity contribution in [2.45, 2.75) is 23.3 Å². The molecule has 2 rings (SSSR count). The zero-order valence-electron chi connectivity index (χ0n) is 9.77. The molecule has 1 fully saturated rings. The highest BCUT2D eigenvalue weighted by atomic mass is 32.2. The van der Waals surface area contributed by atoms with Crippen molar-refractivity contribution < 1.29 is 9.13 Å². The van der Waals surface area contributed by atoms with Crippen LogP contribution < -0.4 is 5.73 Å². The molecule has 0 aromatic heterocycles. The summed E-state index contributed by atoms with van der Waals surface area (Å²) in [6, 6.07) is 6.67. The van der Waals surface area contributed by atoms with Crippen LogP contribution in [-0.2, 0) is 4.74 Å². The fraction of sp³-hybridized carbons (Fsp3) is 0.538. The number of rotatable bonds is 4. The summed E-state index contributed by atoms with van der Waals surface area (Å²) in [7, 11) is 0. The molecule has 1 aromatic rings. The molecule has 1 atom stereocenters. The van der Waals surface area contributed by atoms with Crippen LogP contribution in [0.15, 0.2) is 24.3 Å². The number of hydrogen-bond acceptors (Lipinski definition) is 3. The van der Waals surface area contributed by atoms with Crippen LogP contribution in [0, 0.1) is 5.82 Å². The Labute approximate surface area is 106 Å². The van der Waals surface area contributed by atoms with Gasteiger partial charge in [-0.05, 0) is 30.5 Å². The van der Waals surface area contributed by atoms with Gasteiger partial charge in [-0.25, -0.2) is 4.39 Å². The van der Waals surface area contributed by atoms with Gasteiger partial charge in [0.05, 0.1) is 0 Å². The van der Waals surface area contributed by atoms with Gasteiger partial charge in [-0.2, -0.15) is 0 Å². The molecule has 0 aliphatic carbocycles. The molecule has 4 heteroatoms. The van der Waals surface area contributed by atoms with Crippen LogP contribution in [0.25, 0.3) is 0 Å². The van der Waals surface area contributed by atoms with Crippen LogP contribution in [-0.4, -0.2) is 25.0 Å². The molecule has 17 heavy (non-hydrogen) atoms. The summed E-state index contributed by atoms with van der Waals surface area (Å²) in [5.74, 6) is -0.194. The van der Waals surface area contributed by atoms with E-state index in [0.717, 1.165) is 31.6 Å². The van der Waals surface area contributed by atoms with E-state index in [0.29, 0.717) is 11.8 Å². The van der Waals surface area contributed by atoms with Gasteiger partial charge in [0.1, 0.15) is 5.82 Å². The number of ether oxygens (including phenoxy) is 1. The minimum atomic E-state index is -0.194. The molecule has 2 nitrogen and oxygen atoms in total. The van der Waals surface area contributed by atoms with Crippen molar-refractivity contribution in [1.82, 2.24) is 0 Å². The van der Waals surface area contributed by atoms with Crippen molar-refractivity contribution in [2.24, 2.45) is 5.73 Å². The summed E-state index contributed by atoms with van der Waals surface area (Å²) in [6.07, 6.45) is 2.17. The molecule has 2 N–H and O–H groups in total. The Kier molecular flexibility index (Phi) is 4.83. The van der Waals surface area contributed by atoms with Crippen molar-refractivity contribution in [3.8, 4) is 0 Å². The lowest BCUT2D eigenvalue weighted by Crippen LogP contribution is -2.21. The summed E-state index contributed by atoms with van der Waals surface area (Å²) in [4.78, 5) is 0. The second-order valence-electron chi connectivity index (χ2n) is 4.22. The first-order chi connectivity index (χ1) is 8.29. The quantitative estimate of drug-likeness (QED) is 0.898. The average Bonchev–Trinajstić information content (AvgIpc) is 2.38. The zero-order chi connectivity index (χ0) is 12.1. The molecule has 1 aromatic carbocycles. The lowest BCUT2D eigenvalue weighted by Gasteiger charge is -2.26. The first kappa shape index (κ1) is 12.9. The minimum Gasteiger partial charge on any atom is -0.381 e. The maximum atomic E-state index is 12.9. The lowest BCUT2D eigenvalue weighted by molar-refractivity contribution is 0.0999. The number of thioether (sulfide) groups is 1. The molecule has 1 saturated heterocycles. The SMILES string of the molecule is NCC(SC1CCOCC1)c1ccc(F)cc1. The van der Waals surface area contributed by atoms with E-state index < -0.39 is 0 Å². The van der Waals surface area contributed by atoms with E-state index in [1.54, 1.807) is 0 Å². The Bertz CT molecular complexity index is 338. The van der Waals surface area contributed by atoms with E-state index in [9.17, 15) is 4.39 Å². The zero-order valence-corrected chi connectivity index (χ0v) is 10.6. The lowest BCUT2D eigenvalue weighted by atomic mass is 10.1. The van der Waals surface area contributed by atoms with Gasteiger partial charge in [0.15, 0.2) is 0 Å². The number of benzene rings is 1. The van der Waals surface area contributed by atoms with Gasteiger partial charge >= 0.3 is 0 Å². The average molecular weight is 255 g/mol. The Morgan fingerprint density at radius 2 is 1.94 bits per heavy atom. The molecule has 1 aliphatic heterocycles. The molecule has 0 bridgehead atoms. The van der Waals surface area contributed by atoms with Crippen molar-refractivity contribution in [3.63, 3.8) is 0 Å². The smallest absolute Gasteiger partial charge is 0.123 e. The third-order valence-corrected chi connectivity index (χ3v) is 4.63. The van der Waals surface area contributed by atoms with Crippen molar-refractivity contribution in [1.29, 1.82) is 0 Å². The monoisotopic (exact) mass is 255 g/mol. The summed E-state index contributed by atoms with van der Waals surface area (Å²) in [6.45, 7) is 2.28. The van der Waals surface area contributed by atoms with Gasteiger partial charge in [0.2, 0.25) is 0 Å². The summed E-state index contributed by atoms with van der Waals surface area (Å²) in [5, 5.41) is 0.876.